The molecular weight excluding hydrogens is 214 g/mol. The molecule has 0 aromatic carbocycles. The molecule has 0 aliphatic carbocycles. The molecular formula is C13H21N3O. The summed E-state index contributed by atoms with van der Waals surface area (Å²) in [6.07, 6.45) is 2.14. The van der Waals surface area contributed by atoms with Crippen LogP contribution in [0.4, 0.5) is 0 Å². The second kappa shape index (κ2) is 6.10. The Morgan fingerprint density at radius 1 is 1.59 bits per heavy atom. The monoisotopic (exact) mass is 235 g/mol. The fourth-order valence-electron chi connectivity index (χ4n) is 2.06. The number of hydrogen-bond donors (Lipinski definition) is 1. The second-order valence-corrected chi connectivity index (χ2v) is 4.63. The van der Waals surface area contributed by atoms with Gasteiger partial charge in [-0.1, -0.05) is 6.07 Å². The van der Waals surface area contributed by atoms with E-state index in [9.17, 15) is 0 Å². The van der Waals surface area contributed by atoms with Crippen molar-refractivity contribution in [3.63, 3.8) is 0 Å². The Morgan fingerprint density at radius 2 is 2.47 bits per heavy atom. The minimum Gasteiger partial charge on any atom is -0.374 e. The van der Waals surface area contributed by atoms with Crippen molar-refractivity contribution < 1.29 is 4.74 Å². The van der Waals surface area contributed by atoms with E-state index in [0.29, 0.717) is 6.10 Å². The summed E-state index contributed by atoms with van der Waals surface area (Å²) in [4.78, 5) is 6.59. The first-order valence-corrected chi connectivity index (χ1v) is 6.17. The minimum absolute atomic E-state index is 0.311. The highest BCUT2D eigenvalue weighted by Crippen LogP contribution is 2.04. The molecule has 0 amide bonds. The number of nitrogens with zero attached hydrogens (tertiary/aromatic N) is 2. The lowest BCUT2D eigenvalue weighted by Crippen LogP contribution is -2.44. The Balaban J connectivity index is 1.74. The van der Waals surface area contributed by atoms with Crippen LogP contribution in [-0.2, 0) is 11.3 Å². The molecule has 4 nitrogen and oxygen atoms in total. The zero-order chi connectivity index (χ0) is 12.1. The zero-order valence-corrected chi connectivity index (χ0v) is 10.6. The van der Waals surface area contributed by atoms with E-state index in [1.54, 1.807) is 0 Å². The van der Waals surface area contributed by atoms with Crippen molar-refractivity contribution in [1.82, 2.24) is 15.2 Å². The topological polar surface area (TPSA) is 37.4 Å². The largest absolute Gasteiger partial charge is 0.374 e. The van der Waals surface area contributed by atoms with Crippen molar-refractivity contribution in [2.75, 3.05) is 33.3 Å². The molecule has 94 valence electrons. The van der Waals surface area contributed by atoms with Gasteiger partial charge in [0.1, 0.15) is 0 Å². The van der Waals surface area contributed by atoms with Gasteiger partial charge in [-0.05, 0) is 25.6 Å². The van der Waals surface area contributed by atoms with E-state index in [1.807, 2.05) is 19.2 Å². The van der Waals surface area contributed by atoms with Crippen LogP contribution in [0.5, 0.6) is 0 Å². The van der Waals surface area contributed by atoms with E-state index in [-0.39, 0.29) is 0 Å². The summed E-state index contributed by atoms with van der Waals surface area (Å²) < 4.78 is 5.70. The molecule has 4 heteroatoms. The molecule has 1 saturated heterocycles. The van der Waals surface area contributed by atoms with Crippen LogP contribution >= 0.6 is 0 Å². The smallest absolute Gasteiger partial charge is 0.0826 e. The molecule has 1 aromatic heterocycles. The minimum atomic E-state index is 0.311. The third kappa shape index (κ3) is 3.77. The number of aromatic nitrogens is 1. The predicted molar refractivity (Wildman–Crippen MR) is 67.9 cm³/mol. The molecule has 0 radical (unpaired) electrons. The third-order valence-corrected chi connectivity index (χ3v) is 3.15. The van der Waals surface area contributed by atoms with E-state index < -0.39 is 0 Å². The van der Waals surface area contributed by atoms with Crippen molar-refractivity contribution in [1.29, 1.82) is 0 Å². The van der Waals surface area contributed by atoms with Crippen LogP contribution in [0.15, 0.2) is 18.3 Å². The summed E-state index contributed by atoms with van der Waals surface area (Å²) in [6, 6.07) is 4.10. The molecule has 1 aliphatic heterocycles. The van der Waals surface area contributed by atoms with Crippen molar-refractivity contribution in [3.05, 3.63) is 29.6 Å². The average Bonchev–Trinajstić information content (AvgIpc) is 2.32. The van der Waals surface area contributed by atoms with Crippen LogP contribution in [0.25, 0.3) is 0 Å². The van der Waals surface area contributed by atoms with Gasteiger partial charge in [-0.15, -0.1) is 0 Å². The number of nitrogens with one attached hydrogen (secondary N) is 1. The highest BCUT2D eigenvalue weighted by molar-refractivity contribution is 5.17. The van der Waals surface area contributed by atoms with Crippen molar-refractivity contribution in [2.45, 2.75) is 19.6 Å². The summed E-state index contributed by atoms with van der Waals surface area (Å²) in [6.45, 7) is 6.70. The Hall–Kier alpha value is -0.970. The molecule has 1 aromatic rings. The SMILES string of the molecule is Cc1ncccc1CNCC1CN(C)CCO1. The molecule has 2 heterocycles. The fourth-order valence-corrected chi connectivity index (χ4v) is 2.06. The Kier molecular flexibility index (Phi) is 4.48. The van der Waals surface area contributed by atoms with Crippen LogP contribution in [0.1, 0.15) is 11.3 Å². The van der Waals surface area contributed by atoms with Gasteiger partial charge in [-0.2, -0.15) is 0 Å². The normalized spacial score (nSPS) is 21.6. The quantitative estimate of drug-likeness (QED) is 0.838. The van der Waals surface area contributed by atoms with Crippen LogP contribution in [0.2, 0.25) is 0 Å². The molecule has 1 fully saturated rings. The number of morpholine rings is 1. The maximum absolute atomic E-state index is 5.70. The number of rotatable bonds is 4. The van der Waals surface area contributed by atoms with Crippen LogP contribution in [0, 0.1) is 6.92 Å². The molecule has 0 spiro atoms. The number of ether oxygens (including phenoxy) is 1. The van der Waals surface area contributed by atoms with Gasteiger partial charge >= 0.3 is 0 Å². The average molecular weight is 235 g/mol. The number of pyridine rings is 1. The molecule has 1 atom stereocenters. The number of likely N-dealkylation sites (N-methyl/N-ethyl adjacent to an activating group) is 1. The molecule has 1 N–H and O–H groups in total. The van der Waals surface area contributed by atoms with Crippen molar-refractivity contribution >= 4 is 0 Å². The van der Waals surface area contributed by atoms with Gasteiger partial charge in [0.2, 0.25) is 0 Å². The van der Waals surface area contributed by atoms with Crippen molar-refractivity contribution in [2.24, 2.45) is 0 Å². The zero-order valence-electron chi connectivity index (χ0n) is 10.6. The lowest BCUT2D eigenvalue weighted by Gasteiger charge is -2.30. The van der Waals surface area contributed by atoms with Gasteiger partial charge in [-0.25, -0.2) is 0 Å². The highest BCUT2D eigenvalue weighted by Gasteiger charge is 2.16. The summed E-state index contributed by atoms with van der Waals surface area (Å²) in [5.74, 6) is 0. The Morgan fingerprint density at radius 3 is 3.24 bits per heavy atom. The first-order chi connectivity index (χ1) is 8.25. The number of hydrogen-bond acceptors (Lipinski definition) is 4. The van der Waals surface area contributed by atoms with Crippen LogP contribution < -0.4 is 5.32 Å². The van der Waals surface area contributed by atoms with E-state index in [2.05, 4.69) is 28.3 Å². The molecule has 1 unspecified atom stereocenters. The summed E-state index contributed by atoms with van der Waals surface area (Å²) in [7, 11) is 2.14. The van der Waals surface area contributed by atoms with Gasteiger partial charge in [0.25, 0.3) is 0 Å². The van der Waals surface area contributed by atoms with E-state index in [4.69, 9.17) is 4.74 Å². The standard InChI is InChI=1S/C13H21N3O/c1-11-12(4-3-5-15-11)8-14-9-13-10-16(2)6-7-17-13/h3-5,13-14H,6-10H2,1-2H3. The molecule has 0 bridgehead atoms. The summed E-state index contributed by atoms with van der Waals surface area (Å²) in [5.41, 5.74) is 2.36. The second-order valence-electron chi connectivity index (χ2n) is 4.63. The molecule has 17 heavy (non-hydrogen) atoms. The van der Waals surface area contributed by atoms with Gasteiger partial charge in [0, 0.05) is 38.1 Å². The Labute approximate surface area is 103 Å². The Bertz CT molecular complexity index is 356. The summed E-state index contributed by atoms with van der Waals surface area (Å²) in [5, 5.41) is 3.44. The van der Waals surface area contributed by atoms with Crippen molar-refractivity contribution in [3.8, 4) is 0 Å². The first-order valence-electron chi connectivity index (χ1n) is 6.17. The summed E-state index contributed by atoms with van der Waals surface area (Å²) >= 11 is 0. The van der Waals surface area contributed by atoms with Gasteiger partial charge in [0.05, 0.1) is 12.7 Å². The van der Waals surface area contributed by atoms with Gasteiger partial charge in [-0.3, -0.25) is 4.98 Å². The van der Waals surface area contributed by atoms with E-state index >= 15 is 0 Å². The van der Waals surface area contributed by atoms with Crippen LogP contribution in [-0.4, -0.2) is 49.3 Å². The maximum Gasteiger partial charge on any atom is 0.0826 e. The maximum atomic E-state index is 5.70. The van der Waals surface area contributed by atoms with Gasteiger partial charge in [0.15, 0.2) is 0 Å². The molecule has 2 rings (SSSR count). The molecule has 1 aliphatic rings. The van der Waals surface area contributed by atoms with E-state index in [0.717, 1.165) is 38.5 Å². The first kappa shape index (κ1) is 12.5. The van der Waals surface area contributed by atoms with E-state index in [1.165, 1.54) is 5.56 Å². The lowest BCUT2D eigenvalue weighted by molar-refractivity contribution is -0.0182. The predicted octanol–water partition coefficient (Wildman–Crippen LogP) is 0.810. The number of aryl methyl sites for hydroxylation is 1. The lowest BCUT2D eigenvalue weighted by atomic mass is 10.2. The fraction of sp³-hybridized carbons (Fsp3) is 0.615. The highest BCUT2D eigenvalue weighted by atomic mass is 16.5. The van der Waals surface area contributed by atoms with Gasteiger partial charge < -0.3 is 15.0 Å². The van der Waals surface area contributed by atoms with Crippen LogP contribution in [0.3, 0.4) is 0 Å². The third-order valence-electron chi connectivity index (χ3n) is 3.15. The molecule has 0 saturated carbocycles.